The van der Waals surface area contributed by atoms with Gasteiger partial charge in [-0.2, -0.15) is 0 Å². The minimum Gasteiger partial charge on any atom is -0.493 e. The fourth-order valence-corrected chi connectivity index (χ4v) is 4.79. The second kappa shape index (κ2) is 11.6. The van der Waals surface area contributed by atoms with Gasteiger partial charge in [-0.3, -0.25) is 9.10 Å². The van der Waals surface area contributed by atoms with E-state index in [1.54, 1.807) is 24.3 Å². The number of ether oxygens (including phenoxy) is 3. The van der Waals surface area contributed by atoms with Crippen molar-refractivity contribution in [3.63, 3.8) is 0 Å². The van der Waals surface area contributed by atoms with E-state index < -0.39 is 10.0 Å². The van der Waals surface area contributed by atoms with E-state index in [0.717, 1.165) is 10.1 Å². The third-order valence-electron chi connectivity index (χ3n) is 5.88. The molecule has 9 heteroatoms. The number of hydrogen-bond acceptors (Lipinski definition) is 6. The lowest BCUT2D eigenvalue weighted by atomic mass is 9.87. The lowest BCUT2D eigenvalue weighted by Gasteiger charge is -2.20. The van der Waals surface area contributed by atoms with E-state index in [-0.39, 0.29) is 16.2 Å². The number of anilines is 1. The van der Waals surface area contributed by atoms with Crippen LogP contribution in [0.5, 0.6) is 17.2 Å². The maximum absolute atomic E-state index is 13.1. The summed E-state index contributed by atoms with van der Waals surface area (Å²) in [4.78, 5) is 12.6. The molecule has 3 rings (SSSR count). The normalized spacial score (nSPS) is 11.5. The van der Waals surface area contributed by atoms with Gasteiger partial charge in [-0.05, 0) is 59.5 Å². The minimum absolute atomic E-state index is 0.0579. The van der Waals surface area contributed by atoms with Crippen molar-refractivity contribution in [3.05, 3.63) is 77.9 Å². The average Bonchev–Trinajstić information content (AvgIpc) is 2.89. The fraction of sp³-hybridized carbons (Fsp3) is 0.321. The number of methoxy groups -OCH3 is 2. The van der Waals surface area contributed by atoms with Crippen LogP contribution in [-0.2, 0) is 15.4 Å². The molecule has 0 radical (unpaired) electrons. The molecule has 0 aliphatic heterocycles. The zero-order chi connectivity index (χ0) is 27.2. The number of nitrogens with zero attached hydrogens (tertiary/aromatic N) is 1. The second-order valence-electron chi connectivity index (χ2n) is 9.41. The lowest BCUT2D eigenvalue weighted by molar-refractivity contribution is 0.0947. The Kier molecular flexibility index (Phi) is 8.70. The van der Waals surface area contributed by atoms with Gasteiger partial charge in [0.1, 0.15) is 12.4 Å². The summed E-state index contributed by atoms with van der Waals surface area (Å²) in [5.74, 6) is 1.21. The maximum Gasteiger partial charge on any atom is 0.264 e. The zero-order valence-corrected chi connectivity index (χ0v) is 22.9. The molecule has 0 atom stereocenters. The van der Waals surface area contributed by atoms with E-state index in [0.29, 0.717) is 35.9 Å². The number of carbonyl (C=O) groups is 1. The molecular weight excluding hydrogens is 492 g/mol. The predicted molar refractivity (Wildman–Crippen MR) is 145 cm³/mol. The largest absolute Gasteiger partial charge is 0.493 e. The molecule has 0 saturated heterocycles. The van der Waals surface area contributed by atoms with Crippen LogP contribution in [0.25, 0.3) is 0 Å². The molecule has 8 nitrogen and oxygen atoms in total. The fourth-order valence-electron chi connectivity index (χ4n) is 3.58. The molecule has 0 saturated carbocycles. The van der Waals surface area contributed by atoms with Crippen molar-refractivity contribution in [1.29, 1.82) is 0 Å². The van der Waals surface area contributed by atoms with E-state index in [4.69, 9.17) is 14.2 Å². The molecule has 3 aromatic carbocycles. The van der Waals surface area contributed by atoms with Crippen molar-refractivity contribution in [2.45, 2.75) is 31.1 Å². The van der Waals surface area contributed by atoms with E-state index in [2.05, 4.69) is 26.1 Å². The van der Waals surface area contributed by atoms with E-state index >= 15 is 0 Å². The first-order valence-corrected chi connectivity index (χ1v) is 13.2. The standard InChI is InChI=1S/C28H34N2O6S/c1-28(2,3)21-9-13-23(14-10-21)36-18-17-29-27(31)20-7-11-22(12-8-20)30(4)37(32,33)24-15-16-25(34-5)26(19-24)35-6/h7-16,19H,17-18H2,1-6H3,(H,29,31). The summed E-state index contributed by atoms with van der Waals surface area (Å²) < 4.78 is 43.5. The topological polar surface area (TPSA) is 94.2 Å². The molecule has 198 valence electrons. The number of sulfonamides is 1. The highest BCUT2D eigenvalue weighted by Crippen LogP contribution is 2.31. The number of rotatable bonds is 10. The highest BCUT2D eigenvalue weighted by Gasteiger charge is 2.23. The monoisotopic (exact) mass is 526 g/mol. The van der Waals surface area contributed by atoms with Crippen LogP contribution in [0.3, 0.4) is 0 Å². The Morgan fingerprint density at radius 1 is 0.892 bits per heavy atom. The Morgan fingerprint density at radius 2 is 1.51 bits per heavy atom. The molecular formula is C28H34N2O6S. The molecule has 0 heterocycles. The summed E-state index contributed by atoms with van der Waals surface area (Å²) in [7, 11) is 0.517. The van der Waals surface area contributed by atoms with Gasteiger partial charge in [0.2, 0.25) is 0 Å². The van der Waals surface area contributed by atoms with Gasteiger partial charge in [0.25, 0.3) is 15.9 Å². The van der Waals surface area contributed by atoms with E-state index in [1.807, 2.05) is 24.3 Å². The predicted octanol–water partition coefficient (Wildman–Crippen LogP) is 4.64. The van der Waals surface area contributed by atoms with Crippen LogP contribution in [0.2, 0.25) is 0 Å². The van der Waals surface area contributed by atoms with Gasteiger partial charge in [0.15, 0.2) is 11.5 Å². The molecule has 0 unspecified atom stereocenters. The number of carbonyl (C=O) groups excluding carboxylic acids is 1. The Hall–Kier alpha value is -3.72. The van der Waals surface area contributed by atoms with Crippen LogP contribution in [-0.4, -0.2) is 48.7 Å². The number of hydrogen-bond donors (Lipinski definition) is 1. The Balaban J connectivity index is 1.57. The van der Waals surface area contributed by atoms with Gasteiger partial charge in [-0.15, -0.1) is 0 Å². The molecule has 0 aliphatic rings. The summed E-state index contributed by atoms with van der Waals surface area (Å²) in [5, 5.41) is 2.81. The molecule has 3 aromatic rings. The highest BCUT2D eigenvalue weighted by molar-refractivity contribution is 7.92. The molecule has 0 spiro atoms. The summed E-state index contributed by atoms with van der Waals surface area (Å²) in [6.45, 7) is 7.11. The summed E-state index contributed by atoms with van der Waals surface area (Å²) in [5.41, 5.74) is 2.12. The van der Waals surface area contributed by atoms with E-state index in [9.17, 15) is 13.2 Å². The first kappa shape index (κ1) is 27.9. The molecule has 37 heavy (non-hydrogen) atoms. The number of amides is 1. The zero-order valence-electron chi connectivity index (χ0n) is 22.1. The van der Waals surface area contributed by atoms with Crippen LogP contribution in [0, 0.1) is 0 Å². The second-order valence-corrected chi connectivity index (χ2v) is 11.4. The molecule has 1 amide bonds. The highest BCUT2D eigenvalue weighted by atomic mass is 32.2. The minimum atomic E-state index is -3.86. The molecule has 1 N–H and O–H groups in total. The van der Waals surface area contributed by atoms with Crippen LogP contribution >= 0.6 is 0 Å². The molecule has 0 aliphatic carbocycles. The Labute approximate surface area is 219 Å². The SMILES string of the molecule is COc1ccc(S(=O)(=O)N(C)c2ccc(C(=O)NCCOc3ccc(C(C)(C)C)cc3)cc2)cc1OC. The van der Waals surface area contributed by atoms with Crippen molar-refractivity contribution in [2.24, 2.45) is 0 Å². The first-order chi connectivity index (χ1) is 17.5. The third kappa shape index (κ3) is 6.74. The van der Waals surface area contributed by atoms with Crippen molar-refractivity contribution in [2.75, 3.05) is 38.7 Å². The van der Waals surface area contributed by atoms with Crippen molar-refractivity contribution in [3.8, 4) is 17.2 Å². The van der Waals surface area contributed by atoms with E-state index in [1.165, 1.54) is 45.0 Å². The van der Waals surface area contributed by atoms with Crippen molar-refractivity contribution >= 4 is 21.6 Å². The van der Waals surface area contributed by atoms with Gasteiger partial charge >= 0.3 is 0 Å². The van der Waals surface area contributed by atoms with Gasteiger partial charge < -0.3 is 19.5 Å². The first-order valence-electron chi connectivity index (χ1n) is 11.8. The quantitative estimate of drug-likeness (QED) is 0.387. The van der Waals surface area contributed by atoms with Crippen LogP contribution in [0.4, 0.5) is 5.69 Å². The van der Waals surface area contributed by atoms with Crippen LogP contribution in [0.15, 0.2) is 71.6 Å². The van der Waals surface area contributed by atoms with Gasteiger partial charge in [-0.1, -0.05) is 32.9 Å². The summed E-state index contributed by atoms with van der Waals surface area (Å²) in [6.07, 6.45) is 0. The number of benzene rings is 3. The molecule has 0 fully saturated rings. The Bertz CT molecular complexity index is 1310. The van der Waals surface area contributed by atoms with Crippen molar-refractivity contribution < 1.29 is 27.4 Å². The summed E-state index contributed by atoms with van der Waals surface area (Å²) in [6, 6.07) is 18.7. The number of nitrogens with one attached hydrogen (secondary N) is 1. The smallest absolute Gasteiger partial charge is 0.264 e. The van der Waals surface area contributed by atoms with Gasteiger partial charge in [0, 0.05) is 18.7 Å². The average molecular weight is 527 g/mol. The van der Waals surface area contributed by atoms with Gasteiger partial charge in [-0.25, -0.2) is 8.42 Å². The van der Waals surface area contributed by atoms with Crippen LogP contribution in [0.1, 0.15) is 36.7 Å². The Morgan fingerprint density at radius 3 is 2.08 bits per heavy atom. The summed E-state index contributed by atoms with van der Waals surface area (Å²) >= 11 is 0. The van der Waals surface area contributed by atoms with Crippen molar-refractivity contribution in [1.82, 2.24) is 5.32 Å². The molecule has 0 bridgehead atoms. The maximum atomic E-state index is 13.1. The lowest BCUT2D eigenvalue weighted by Crippen LogP contribution is -2.28. The van der Waals surface area contributed by atoms with Gasteiger partial charge in [0.05, 0.1) is 31.3 Å². The third-order valence-corrected chi connectivity index (χ3v) is 7.66. The molecule has 0 aromatic heterocycles. The van der Waals surface area contributed by atoms with Crippen LogP contribution < -0.4 is 23.8 Å².